The van der Waals surface area contributed by atoms with Gasteiger partial charge in [-0.3, -0.25) is 14.2 Å². The van der Waals surface area contributed by atoms with Crippen LogP contribution in [-0.4, -0.2) is 46.2 Å². The highest BCUT2D eigenvalue weighted by Crippen LogP contribution is 2.33. The molecule has 0 saturated carbocycles. The molecule has 0 radical (unpaired) electrons. The second kappa shape index (κ2) is 9.88. The first-order chi connectivity index (χ1) is 17.0. The second-order valence-electron chi connectivity index (χ2n) is 7.41. The van der Waals surface area contributed by atoms with Gasteiger partial charge in [0.15, 0.2) is 10.3 Å². The zero-order chi connectivity index (χ0) is 24.5. The number of halogens is 1. The molecule has 180 valence electrons. The fraction of sp³-hybridized carbons (Fsp3) is 0.217. The molecule has 1 aliphatic rings. The van der Waals surface area contributed by atoms with Gasteiger partial charge < -0.3 is 14.8 Å². The number of anilines is 1. The molecule has 0 aliphatic carbocycles. The van der Waals surface area contributed by atoms with E-state index < -0.39 is 5.82 Å². The summed E-state index contributed by atoms with van der Waals surface area (Å²) >= 11 is 3.91. The molecule has 5 rings (SSSR count). The second-order valence-corrected chi connectivity index (χ2v) is 10.5. The minimum atomic E-state index is -0.482. The number of thioether (sulfide) groups is 2. The number of methoxy groups -OCH3 is 2. The van der Waals surface area contributed by atoms with Gasteiger partial charge in [0.05, 0.1) is 46.5 Å². The predicted molar refractivity (Wildman–Crippen MR) is 136 cm³/mol. The van der Waals surface area contributed by atoms with Crippen LogP contribution in [0.25, 0.3) is 15.9 Å². The van der Waals surface area contributed by atoms with E-state index in [4.69, 9.17) is 9.47 Å². The largest absolute Gasteiger partial charge is 0.497 e. The molecule has 1 amide bonds. The number of nitrogens with one attached hydrogen (secondary N) is 1. The van der Waals surface area contributed by atoms with Gasteiger partial charge >= 0.3 is 0 Å². The lowest BCUT2D eigenvalue weighted by molar-refractivity contribution is -0.113. The topological polar surface area (TPSA) is 95.3 Å². The molecule has 2 aromatic heterocycles. The number of nitrogens with zero attached hydrogens (tertiary/aromatic N) is 3. The lowest BCUT2D eigenvalue weighted by Crippen LogP contribution is -2.25. The van der Waals surface area contributed by atoms with Crippen molar-refractivity contribution in [3.63, 3.8) is 0 Å². The molecule has 3 heterocycles. The van der Waals surface area contributed by atoms with Gasteiger partial charge in [0.1, 0.15) is 17.3 Å². The van der Waals surface area contributed by atoms with Crippen LogP contribution in [0.3, 0.4) is 0 Å². The maximum absolute atomic E-state index is 13.8. The number of thiazole rings is 1. The Hall–Kier alpha value is -3.09. The van der Waals surface area contributed by atoms with Crippen LogP contribution in [0, 0.1) is 5.82 Å². The molecule has 1 N–H and O–H groups in total. The smallest absolute Gasteiger partial charge is 0.272 e. The van der Waals surface area contributed by atoms with Crippen molar-refractivity contribution in [3.8, 4) is 17.2 Å². The first-order valence-electron chi connectivity index (χ1n) is 10.5. The Kier molecular flexibility index (Phi) is 6.67. The standard InChI is InChI=1S/C23H19FN4O4S3/c1-31-13-4-5-14-18(10-13)35-22(25-14)27-19(29)11-34-23-26-15-7-8-33-20(15)21(30)28(23)16-6-3-12(24)9-17(16)32-2/h3-6,9-10H,7-8,11H2,1-2H3,(H,25,27,29). The third-order valence-electron chi connectivity index (χ3n) is 5.22. The number of ether oxygens (including phenoxy) is 2. The first kappa shape index (κ1) is 23.6. The van der Waals surface area contributed by atoms with E-state index in [-0.39, 0.29) is 23.0 Å². The highest BCUT2D eigenvalue weighted by atomic mass is 32.2. The number of hydrogen-bond donors (Lipinski definition) is 1. The van der Waals surface area contributed by atoms with E-state index >= 15 is 0 Å². The van der Waals surface area contributed by atoms with Gasteiger partial charge in [-0.05, 0) is 30.3 Å². The Balaban J connectivity index is 1.42. The Morgan fingerprint density at radius 3 is 2.86 bits per heavy atom. The van der Waals surface area contributed by atoms with Crippen molar-refractivity contribution >= 4 is 56.1 Å². The SMILES string of the molecule is COc1ccc2nc(NC(=O)CSc3nc4c(c(=O)n3-c3ccc(F)cc3OC)SCC4)sc2c1. The van der Waals surface area contributed by atoms with Crippen molar-refractivity contribution in [3.05, 3.63) is 58.3 Å². The molecule has 0 fully saturated rings. The molecule has 0 bridgehead atoms. The number of amides is 1. The van der Waals surface area contributed by atoms with Crippen molar-refractivity contribution in [2.24, 2.45) is 0 Å². The van der Waals surface area contributed by atoms with Crippen LogP contribution in [0.1, 0.15) is 5.69 Å². The third-order valence-corrected chi connectivity index (χ3v) is 8.20. The average molecular weight is 531 g/mol. The summed E-state index contributed by atoms with van der Waals surface area (Å²) in [6.45, 7) is 0. The van der Waals surface area contributed by atoms with E-state index in [1.54, 1.807) is 7.11 Å². The monoisotopic (exact) mass is 530 g/mol. The third kappa shape index (κ3) is 4.73. The predicted octanol–water partition coefficient (Wildman–Crippen LogP) is 4.38. The number of aryl methyl sites for hydroxylation is 1. The Bertz CT molecular complexity index is 1500. The summed E-state index contributed by atoms with van der Waals surface area (Å²) in [6, 6.07) is 9.45. The number of hydrogen-bond acceptors (Lipinski definition) is 9. The van der Waals surface area contributed by atoms with E-state index in [9.17, 15) is 14.0 Å². The average Bonchev–Trinajstić information content (AvgIpc) is 3.49. The highest BCUT2D eigenvalue weighted by Gasteiger charge is 2.24. The minimum absolute atomic E-state index is 0.00112. The summed E-state index contributed by atoms with van der Waals surface area (Å²) in [5, 5.41) is 3.61. The van der Waals surface area contributed by atoms with Crippen molar-refractivity contribution in [2.75, 3.05) is 31.0 Å². The van der Waals surface area contributed by atoms with Crippen molar-refractivity contribution in [2.45, 2.75) is 16.5 Å². The number of carbonyl (C=O) groups is 1. The van der Waals surface area contributed by atoms with Crippen LogP contribution < -0.4 is 20.3 Å². The van der Waals surface area contributed by atoms with Crippen LogP contribution in [0.5, 0.6) is 11.5 Å². The van der Waals surface area contributed by atoms with Gasteiger partial charge in [-0.15, -0.1) is 11.8 Å². The van der Waals surface area contributed by atoms with Crippen molar-refractivity contribution < 1.29 is 18.7 Å². The molecule has 8 nitrogen and oxygen atoms in total. The number of fused-ring (bicyclic) bond motifs is 2. The molecule has 4 aromatic rings. The number of carbonyl (C=O) groups excluding carboxylic acids is 1. The van der Waals surface area contributed by atoms with E-state index in [1.807, 2.05) is 18.2 Å². The number of aromatic nitrogens is 3. The minimum Gasteiger partial charge on any atom is -0.497 e. The lowest BCUT2D eigenvalue weighted by atomic mass is 10.2. The summed E-state index contributed by atoms with van der Waals surface area (Å²) in [7, 11) is 3.00. The van der Waals surface area contributed by atoms with Gasteiger partial charge in [0.2, 0.25) is 5.91 Å². The van der Waals surface area contributed by atoms with Crippen molar-refractivity contribution in [1.82, 2.24) is 14.5 Å². The summed E-state index contributed by atoms with van der Waals surface area (Å²) in [4.78, 5) is 35.8. The van der Waals surface area contributed by atoms with Gasteiger partial charge in [-0.25, -0.2) is 14.4 Å². The van der Waals surface area contributed by atoms with E-state index in [1.165, 1.54) is 53.0 Å². The summed E-state index contributed by atoms with van der Waals surface area (Å²) in [6.07, 6.45) is 0.672. The van der Waals surface area contributed by atoms with Crippen molar-refractivity contribution in [1.29, 1.82) is 0 Å². The van der Waals surface area contributed by atoms with Crippen LogP contribution >= 0.6 is 34.9 Å². The fourth-order valence-electron chi connectivity index (χ4n) is 3.61. The van der Waals surface area contributed by atoms with E-state index in [2.05, 4.69) is 15.3 Å². The van der Waals surface area contributed by atoms with Crippen LogP contribution in [0.15, 0.2) is 51.2 Å². The number of rotatable bonds is 7. The van der Waals surface area contributed by atoms with Crippen LogP contribution in [0.2, 0.25) is 0 Å². The summed E-state index contributed by atoms with van der Waals surface area (Å²) in [5.74, 6) is 0.903. The maximum Gasteiger partial charge on any atom is 0.272 e. The van der Waals surface area contributed by atoms with Crippen LogP contribution in [0.4, 0.5) is 9.52 Å². The van der Waals surface area contributed by atoms with E-state index in [0.717, 1.165) is 27.7 Å². The fourth-order valence-corrected chi connectivity index (χ4v) is 6.37. The van der Waals surface area contributed by atoms with Gasteiger partial charge in [-0.2, -0.15) is 0 Å². The molecule has 0 atom stereocenters. The molecular weight excluding hydrogens is 511 g/mol. The quantitative estimate of drug-likeness (QED) is 0.278. The summed E-state index contributed by atoms with van der Waals surface area (Å²) < 4.78 is 26.6. The van der Waals surface area contributed by atoms with Gasteiger partial charge in [-0.1, -0.05) is 23.1 Å². The molecule has 0 unspecified atom stereocenters. The molecule has 35 heavy (non-hydrogen) atoms. The van der Waals surface area contributed by atoms with Gasteiger partial charge in [0.25, 0.3) is 5.56 Å². The lowest BCUT2D eigenvalue weighted by Gasteiger charge is -2.16. The van der Waals surface area contributed by atoms with Gasteiger partial charge in [0, 0.05) is 18.2 Å². The maximum atomic E-state index is 13.8. The Labute approximate surface area is 211 Å². The summed E-state index contributed by atoms with van der Waals surface area (Å²) in [5.41, 5.74) is 1.57. The number of benzene rings is 2. The van der Waals surface area contributed by atoms with Crippen LogP contribution in [-0.2, 0) is 11.2 Å². The van der Waals surface area contributed by atoms with E-state index in [0.29, 0.717) is 38.7 Å². The molecule has 0 spiro atoms. The zero-order valence-corrected chi connectivity index (χ0v) is 21.1. The highest BCUT2D eigenvalue weighted by molar-refractivity contribution is 8.00. The normalized spacial score (nSPS) is 12.5. The Morgan fingerprint density at radius 1 is 1.20 bits per heavy atom. The Morgan fingerprint density at radius 2 is 2.06 bits per heavy atom. The molecule has 0 saturated heterocycles. The molecule has 1 aliphatic heterocycles. The molecule has 12 heteroatoms. The first-order valence-corrected chi connectivity index (χ1v) is 13.3. The molecule has 2 aromatic carbocycles. The molecular formula is C23H19FN4O4S3. The zero-order valence-electron chi connectivity index (χ0n) is 18.7.